The lowest BCUT2D eigenvalue weighted by molar-refractivity contribution is 0.0339. The molecule has 0 bridgehead atoms. The van der Waals surface area contributed by atoms with Crippen LogP contribution in [-0.2, 0) is 11.2 Å². The summed E-state index contributed by atoms with van der Waals surface area (Å²) in [6.07, 6.45) is 1.87. The van der Waals surface area contributed by atoms with E-state index in [4.69, 9.17) is 16.3 Å². The van der Waals surface area contributed by atoms with Gasteiger partial charge in [-0.3, -0.25) is 0 Å². The Hall–Kier alpha value is -0.640. The molecule has 1 aromatic carbocycles. The molecule has 0 aliphatic rings. The number of hydrogen-bond donors (Lipinski definition) is 1. The Kier molecular flexibility index (Phi) is 6.61. The van der Waals surface area contributed by atoms with Gasteiger partial charge in [-0.1, -0.05) is 24.6 Å². The Labute approximate surface area is 113 Å². The fourth-order valence-electron chi connectivity index (χ4n) is 2.07. The maximum atomic E-state index is 13.1. The van der Waals surface area contributed by atoms with E-state index >= 15 is 0 Å². The van der Waals surface area contributed by atoms with Gasteiger partial charge in [0.05, 0.1) is 11.1 Å². The van der Waals surface area contributed by atoms with Gasteiger partial charge in [-0.15, -0.1) is 0 Å². The molecular formula is C14H21ClFNO. The molecule has 0 radical (unpaired) electrons. The highest BCUT2D eigenvalue weighted by molar-refractivity contribution is 6.30. The summed E-state index contributed by atoms with van der Waals surface area (Å²) in [4.78, 5) is 0. The first-order valence-electron chi connectivity index (χ1n) is 6.35. The fraction of sp³-hybridized carbons (Fsp3) is 0.571. The van der Waals surface area contributed by atoms with E-state index < -0.39 is 0 Å². The SMILES string of the molecule is CCOC(CC)C(Cc1ccc(F)c(Cl)c1)NC. The minimum absolute atomic E-state index is 0.156. The van der Waals surface area contributed by atoms with Crippen LogP contribution in [0.15, 0.2) is 18.2 Å². The zero-order valence-corrected chi connectivity index (χ0v) is 11.9. The highest BCUT2D eigenvalue weighted by Crippen LogP contribution is 2.18. The van der Waals surface area contributed by atoms with Gasteiger partial charge in [0.2, 0.25) is 0 Å². The molecule has 102 valence electrons. The molecule has 1 N–H and O–H groups in total. The summed E-state index contributed by atoms with van der Waals surface area (Å²) in [7, 11) is 1.91. The highest BCUT2D eigenvalue weighted by atomic mass is 35.5. The lowest BCUT2D eigenvalue weighted by Crippen LogP contribution is -2.40. The van der Waals surface area contributed by atoms with E-state index in [0.717, 1.165) is 18.4 Å². The number of hydrogen-bond acceptors (Lipinski definition) is 2. The minimum Gasteiger partial charge on any atom is -0.377 e. The molecule has 4 heteroatoms. The van der Waals surface area contributed by atoms with Crippen LogP contribution in [0.1, 0.15) is 25.8 Å². The Balaban J connectivity index is 2.74. The van der Waals surface area contributed by atoms with E-state index in [1.807, 2.05) is 14.0 Å². The second-order valence-electron chi connectivity index (χ2n) is 4.25. The predicted molar refractivity (Wildman–Crippen MR) is 73.7 cm³/mol. The van der Waals surface area contributed by atoms with Crippen LogP contribution in [0.25, 0.3) is 0 Å². The summed E-state index contributed by atoms with van der Waals surface area (Å²) in [6.45, 7) is 4.79. The molecule has 0 aliphatic heterocycles. The first kappa shape index (κ1) is 15.4. The van der Waals surface area contributed by atoms with Crippen molar-refractivity contribution >= 4 is 11.6 Å². The zero-order chi connectivity index (χ0) is 13.5. The maximum absolute atomic E-state index is 13.1. The summed E-state index contributed by atoms with van der Waals surface area (Å²) in [5, 5.41) is 3.43. The number of rotatable bonds is 7. The molecule has 2 unspecified atom stereocenters. The molecule has 0 fully saturated rings. The van der Waals surface area contributed by atoms with Crippen molar-refractivity contribution in [2.45, 2.75) is 38.8 Å². The van der Waals surface area contributed by atoms with Crippen molar-refractivity contribution in [2.75, 3.05) is 13.7 Å². The Bertz CT molecular complexity index is 373. The van der Waals surface area contributed by atoms with Crippen LogP contribution >= 0.6 is 11.6 Å². The molecule has 0 aromatic heterocycles. The Morgan fingerprint density at radius 1 is 1.39 bits per heavy atom. The minimum atomic E-state index is -0.377. The van der Waals surface area contributed by atoms with Crippen LogP contribution in [0.4, 0.5) is 4.39 Å². The maximum Gasteiger partial charge on any atom is 0.141 e. The topological polar surface area (TPSA) is 21.3 Å². The predicted octanol–water partition coefficient (Wildman–Crippen LogP) is 3.42. The molecular weight excluding hydrogens is 253 g/mol. The smallest absolute Gasteiger partial charge is 0.141 e. The molecule has 18 heavy (non-hydrogen) atoms. The zero-order valence-electron chi connectivity index (χ0n) is 11.2. The fourth-order valence-corrected chi connectivity index (χ4v) is 2.28. The van der Waals surface area contributed by atoms with E-state index in [9.17, 15) is 4.39 Å². The highest BCUT2D eigenvalue weighted by Gasteiger charge is 2.19. The number of nitrogens with one attached hydrogen (secondary N) is 1. The summed E-state index contributed by atoms with van der Waals surface area (Å²) in [6, 6.07) is 5.06. The van der Waals surface area contributed by atoms with Gasteiger partial charge in [-0.05, 0) is 44.5 Å². The molecule has 1 rings (SSSR count). The molecule has 2 nitrogen and oxygen atoms in total. The van der Waals surface area contributed by atoms with Gasteiger partial charge in [0.25, 0.3) is 0 Å². The Morgan fingerprint density at radius 2 is 2.11 bits per heavy atom. The number of likely N-dealkylation sites (N-methyl/N-ethyl adjacent to an activating group) is 1. The summed E-state index contributed by atoms with van der Waals surface area (Å²) in [5.74, 6) is -0.377. The van der Waals surface area contributed by atoms with Crippen LogP contribution in [0.2, 0.25) is 5.02 Å². The van der Waals surface area contributed by atoms with Crippen molar-refractivity contribution in [2.24, 2.45) is 0 Å². The molecule has 0 spiro atoms. The molecule has 1 aromatic rings. The van der Waals surface area contributed by atoms with E-state index in [1.165, 1.54) is 6.07 Å². The lowest BCUT2D eigenvalue weighted by Gasteiger charge is -2.26. The third-order valence-electron chi connectivity index (χ3n) is 3.04. The largest absolute Gasteiger partial charge is 0.377 e. The Morgan fingerprint density at radius 3 is 2.61 bits per heavy atom. The van der Waals surface area contributed by atoms with Gasteiger partial charge in [0, 0.05) is 12.6 Å². The molecule has 2 atom stereocenters. The second kappa shape index (κ2) is 7.72. The summed E-state index contributed by atoms with van der Waals surface area (Å²) >= 11 is 5.79. The van der Waals surface area contributed by atoms with Crippen molar-refractivity contribution in [1.29, 1.82) is 0 Å². The first-order chi connectivity index (χ1) is 8.62. The van der Waals surface area contributed by atoms with Crippen molar-refractivity contribution in [1.82, 2.24) is 5.32 Å². The van der Waals surface area contributed by atoms with Crippen LogP contribution in [0.3, 0.4) is 0 Å². The third kappa shape index (κ3) is 4.23. The van der Waals surface area contributed by atoms with Crippen LogP contribution in [0.5, 0.6) is 0 Å². The molecule has 0 saturated heterocycles. The number of benzene rings is 1. The molecule has 0 amide bonds. The van der Waals surface area contributed by atoms with Crippen molar-refractivity contribution in [3.8, 4) is 0 Å². The van der Waals surface area contributed by atoms with E-state index in [0.29, 0.717) is 6.61 Å². The first-order valence-corrected chi connectivity index (χ1v) is 6.72. The molecule has 0 saturated carbocycles. The third-order valence-corrected chi connectivity index (χ3v) is 3.33. The van der Waals surface area contributed by atoms with Crippen molar-refractivity contribution in [3.05, 3.63) is 34.6 Å². The average Bonchev–Trinajstić information content (AvgIpc) is 2.37. The van der Waals surface area contributed by atoms with Crippen molar-refractivity contribution < 1.29 is 9.13 Å². The van der Waals surface area contributed by atoms with Crippen LogP contribution < -0.4 is 5.32 Å². The summed E-state index contributed by atoms with van der Waals surface area (Å²) in [5.41, 5.74) is 1.01. The van der Waals surface area contributed by atoms with E-state index in [1.54, 1.807) is 12.1 Å². The summed E-state index contributed by atoms with van der Waals surface area (Å²) < 4.78 is 18.8. The lowest BCUT2D eigenvalue weighted by atomic mass is 9.99. The van der Waals surface area contributed by atoms with Crippen LogP contribution in [0, 0.1) is 5.82 Å². The monoisotopic (exact) mass is 273 g/mol. The van der Waals surface area contributed by atoms with Gasteiger partial charge < -0.3 is 10.1 Å². The molecule has 0 aliphatic carbocycles. The standard InChI is InChI=1S/C14H21ClFNO/c1-4-14(18-5-2)13(17-3)9-10-6-7-12(16)11(15)8-10/h6-8,13-14,17H,4-5,9H2,1-3H3. The van der Waals surface area contributed by atoms with Gasteiger partial charge >= 0.3 is 0 Å². The van der Waals surface area contributed by atoms with Crippen LogP contribution in [-0.4, -0.2) is 25.8 Å². The van der Waals surface area contributed by atoms with E-state index in [2.05, 4.69) is 12.2 Å². The normalized spacial score (nSPS) is 14.5. The number of ether oxygens (including phenoxy) is 1. The van der Waals surface area contributed by atoms with E-state index in [-0.39, 0.29) is 23.0 Å². The van der Waals surface area contributed by atoms with Gasteiger partial charge in [0.1, 0.15) is 5.82 Å². The average molecular weight is 274 g/mol. The molecule has 0 heterocycles. The van der Waals surface area contributed by atoms with Gasteiger partial charge in [-0.2, -0.15) is 0 Å². The van der Waals surface area contributed by atoms with Gasteiger partial charge in [-0.25, -0.2) is 4.39 Å². The van der Waals surface area contributed by atoms with Crippen molar-refractivity contribution in [3.63, 3.8) is 0 Å². The van der Waals surface area contributed by atoms with Gasteiger partial charge in [0.15, 0.2) is 0 Å². The number of halogens is 2. The quantitative estimate of drug-likeness (QED) is 0.822. The second-order valence-corrected chi connectivity index (χ2v) is 4.66.